The molecule has 0 bridgehead atoms. The molecule has 0 saturated heterocycles. The average Bonchev–Trinajstić information content (AvgIpc) is 2.29. The number of carboxylic acid groups (broad SMARTS) is 1. The number of hydrogen-bond acceptors (Lipinski definition) is 4. The number of nitrogens with zero attached hydrogens (tertiary/aromatic N) is 1. The Morgan fingerprint density at radius 2 is 2.42 bits per heavy atom. The van der Waals surface area contributed by atoms with Crippen molar-refractivity contribution in [1.29, 1.82) is 0 Å². The van der Waals surface area contributed by atoms with Gasteiger partial charge in [-0.2, -0.15) is 0 Å². The largest absolute Gasteiger partial charge is 0.481 e. The van der Waals surface area contributed by atoms with E-state index in [0.717, 1.165) is 11.3 Å². The molecule has 5 heteroatoms. The lowest BCUT2D eigenvalue weighted by Gasteiger charge is -1.93. The van der Waals surface area contributed by atoms with Gasteiger partial charge in [0.2, 0.25) is 0 Å². The molecule has 3 N–H and O–H groups in total. The zero-order valence-corrected chi connectivity index (χ0v) is 7.52. The molecular formula is C7H10N2O2S. The molecule has 1 rings (SSSR count). The number of aryl methyl sites for hydroxylation is 1. The lowest BCUT2D eigenvalue weighted by Crippen LogP contribution is -2.02. The number of rotatable bonds is 3. The van der Waals surface area contributed by atoms with Crippen LogP contribution >= 0.6 is 11.3 Å². The number of aromatic nitrogens is 1. The lowest BCUT2D eigenvalue weighted by molar-refractivity contribution is -0.136. The Hall–Kier alpha value is -1.10. The molecule has 0 saturated carbocycles. The van der Waals surface area contributed by atoms with E-state index in [2.05, 4.69) is 4.98 Å². The normalized spacial score (nSPS) is 10.1. The van der Waals surface area contributed by atoms with Crippen molar-refractivity contribution in [2.75, 3.05) is 5.73 Å². The number of thiazole rings is 1. The molecule has 0 atom stereocenters. The first kappa shape index (κ1) is 8.99. The Morgan fingerprint density at radius 1 is 1.75 bits per heavy atom. The maximum Gasteiger partial charge on any atom is 0.309 e. The Kier molecular flexibility index (Phi) is 2.65. The van der Waals surface area contributed by atoms with Crippen LogP contribution in [0.2, 0.25) is 0 Å². The fourth-order valence-electron chi connectivity index (χ4n) is 0.961. The third-order valence-corrected chi connectivity index (χ3v) is 2.51. The van der Waals surface area contributed by atoms with E-state index in [0.29, 0.717) is 10.8 Å². The Bertz CT molecular complexity index is 296. The van der Waals surface area contributed by atoms with Crippen molar-refractivity contribution in [2.45, 2.75) is 19.8 Å². The third kappa shape index (κ3) is 1.94. The summed E-state index contributed by atoms with van der Waals surface area (Å²) in [7, 11) is 0. The van der Waals surface area contributed by atoms with Gasteiger partial charge in [0.15, 0.2) is 5.13 Å². The molecule has 66 valence electrons. The van der Waals surface area contributed by atoms with Gasteiger partial charge in [-0.15, -0.1) is 11.3 Å². The first-order chi connectivity index (χ1) is 5.63. The Balaban J connectivity index is 2.89. The van der Waals surface area contributed by atoms with Crippen molar-refractivity contribution in [3.63, 3.8) is 0 Å². The highest BCUT2D eigenvalue weighted by atomic mass is 32.1. The summed E-state index contributed by atoms with van der Waals surface area (Å²) in [6.45, 7) is 1.96. The van der Waals surface area contributed by atoms with Gasteiger partial charge in [-0.25, -0.2) is 4.98 Å². The minimum Gasteiger partial charge on any atom is -0.481 e. The number of hydrogen-bond donors (Lipinski definition) is 2. The molecule has 12 heavy (non-hydrogen) atoms. The highest BCUT2D eigenvalue weighted by Crippen LogP contribution is 2.21. The molecule has 0 aromatic carbocycles. The minimum absolute atomic E-state index is 0.0309. The molecule has 0 aliphatic rings. The van der Waals surface area contributed by atoms with Crippen molar-refractivity contribution in [2.24, 2.45) is 0 Å². The zero-order chi connectivity index (χ0) is 9.14. The number of carboxylic acids is 1. The standard InChI is InChI=1S/C7H10N2O2S/c1-2-5-4(3-6(10)11)9-7(8)12-5/h2-3H2,1H3,(H2,8,9)(H,10,11). The smallest absolute Gasteiger partial charge is 0.309 e. The number of nitrogens with two attached hydrogens (primary N) is 1. The number of nitrogen functional groups attached to an aromatic ring is 1. The van der Waals surface area contributed by atoms with Gasteiger partial charge in [0, 0.05) is 4.88 Å². The van der Waals surface area contributed by atoms with Gasteiger partial charge < -0.3 is 10.8 Å². The number of carbonyl (C=O) groups is 1. The van der Waals surface area contributed by atoms with Crippen LogP contribution in [-0.4, -0.2) is 16.1 Å². The molecule has 1 heterocycles. The van der Waals surface area contributed by atoms with Crippen molar-refractivity contribution >= 4 is 22.4 Å². The van der Waals surface area contributed by atoms with E-state index in [4.69, 9.17) is 10.8 Å². The molecule has 0 amide bonds. The fourth-order valence-corrected chi connectivity index (χ4v) is 1.75. The van der Waals surface area contributed by atoms with Gasteiger partial charge in [-0.05, 0) is 6.42 Å². The van der Waals surface area contributed by atoms with Crippen LogP contribution in [0.5, 0.6) is 0 Å². The van der Waals surface area contributed by atoms with Gasteiger partial charge in [0.1, 0.15) is 0 Å². The summed E-state index contributed by atoms with van der Waals surface area (Å²) in [4.78, 5) is 15.3. The van der Waals surface area contributed by atoms with Crippen LogP contribution < -0.4 is 5.73 Å². The average molecular weight is 186 g/mol. The van der Waals surface area contributed by atoms with E-state index in [9.17, 15) is 4.79 Å². The first-order valence-corrected chi connectivity index (χ1v) is 4.41. The molecule has 0 spiro atoms. The first-order valence-electron chi connectivity index (χ1n) is 3.59. The Morgan fingerprint density at radius 3 is 2.92 bits per heavy atom. The summed E-state index contributed by atoms with van der Waals surface area (Å²) in [5.41, 5.74) is 6.05. The minimum atomic E-state index is -0.866. The van der Waals surface area contributed by atoms with E-state index in [1.807, 2.05) is 6.92 Å². The summed E-state index contributed by atoms with van der Waals surface area (Å²) in [5, 5.41) is 8.97. The van der Waals surface area contributed by atoms with E-state index in [-0.39, 0.29) is 6.42 Å². The molecule has 0 fully saturated rings. The topological polar surface area (TPSA) is 76.2 Å². The zero-order valence-electron chi connectivity index (χ0n) is 6.70. The van der Waals surface area contributed by atoms with E-state index in [1.54, 1.807) is 0 Å². The molecule has 0 radical (unpaired) electrons. The molecule has 1 aromatic heterocycles. The van der Waals surface area contributed by atoms with Crippen LogP contribution in [0.1, 0.15) is 17.5 Å². The van der Waals surface area contributed by atoms with Gasteiger partial charge >= 0.3 is 5.97 Å². The second-order valence-electron chi connectivity index (χ2n) is 2.35. The predicted molar refractivity (Wildman–Crippen MR) is 47.2 cm³/mol. The van der Waals surface area contributed by atoms with Crippen molar-refractivity contribution in [1.82, 2.24) is 4.98 Å². The summed E-state index contributed by atoms with van der Waals surface area (Å²) < 4.78 is 0. The summed E-state index contributed by atoms with van der Waals surface area (Å²) in [5.74, 6) is -0.866. The monoisotopic (exact) mass is 186 g/mol. The van der Waals surface area contributed by atoms with Crippen LogP contribution in [0, 0.1) is 0 Å². The highest BCUT2D eigenvalue weighted by molar-refractivity contribution is 7.15. The predicted octanol–water partition coefficient (Wildman–Crippen LogP) is 0.915. The molecule has 0 aliphatic carbocycles. The number of aliphatic carboxylic acids is 1. The van der Waals surface area contributed by atoms with Crippen LogP contribution in [0.4, 0.5) is 5.13 Å². The fraction of sp³-hybridized carbons (Fsp3) is 0.429. The maximum atomic E-state index is 10.4. The maximum absolute atomic E-state index is 10.4. The van der Waals surface area contributed by atoms with Crippen LogP contribution in [0.3, 0.4) is 0 Å². The van der Waals surface area contributed by atoms with Crippen molar-refractivity contribution < 1.29 is 9.90 Å². The second kappa shape index (κ2) is 3.53. The van der Waals surface area contributed by atoms with E-state index >= 15 is 0 Å². The van der Waals surface area contributed by atoms with Gasteiger partial charge in [-0.3, -0.25) is 4.79 Å². The van der Waals surface area contributed by atoms with Crippen LogP contribution in [-0.2, 0) is 17.6 Å². The molecule has 0 aliphatic heterocycles. The van der Waals surface area contributed by atoms with E-state index < -0.39 is 5.97 Å². The summed E-state index contributed by atoms with van der Waals surface area (Å²) >= 11 is 1.36. The van der Waals surface area contributed by atoms with Gasteiger partial charge in [0.05, 0.1) is 12.1 Å². The molecule has 1 aromatic rings. The highest BCUT2D eigenvalue weighted by Gasteiger charge is 2.10. The number of anilines is 1. The molecule has 4 nitrogen and oxygen atoms in total. The van der Waals surface area contributed by atoms with Crippen LogP contribution in [0.25, 0.3) is 0 Å². The summed E-state index contributed by atoms with van der Waals surface area (Å²) in [6, 6.07) is 0. The Labute approximate surface area is 74.0 Å². The van der Waals surface area contributed by atoms with Crippen molar-refractivity contribution in [3.05, 3.63) is 10.6 Å². The quantitative estimate of drug-likeness (QED) is 0.735. The third-order valence-electron chi connectivity index (χ3n) is 1.43. The SMILES string of the molecule is CCc1sc(N)nc1CC(=O)O. The summed E-state index contributed by atoms with van der Waals surface area (Å²) in [6.07, 6.45) is 0.758. The molecular weight excluding hydrogens is 176 g/mol. The van der Waals surface area contributed by atoms with Gasteiger partial charge in [-0.1, -0.05) is 6.92 Å². The second-order valence-corrected chi connectivity index (χ2v) is 3.46. The van der Waals surface area contributed by atoms with Crippen LogP contribution in [0.15, 0.2) is 0 Å². The molecule has 0 unspecified atom stereocenters. The lowest BCUT2D eigenvalue weighted by atomic mass is 10.2. The van der Waals surface area contributed by atoms with Gasteiger partial charge in [0.25, 0.3) is 0 Å². The van der Waals surface area contributed by atoms with Crippen molar-refractivity contribution in [3.8, 4) is 0 Å². The van der Waals surface area contributed by atoms with E-state index in [1.165, 1.54) is 11.3 Å².